The number of rotatable bonds is 4. The van der Waals surface area contributed by atoms with Crippen molar-refractivity contribution in [1.29, 1.82) is 0 Å². The molecule has 2 aromatic carbocycles. The first-order valence-electron chi connectivity index (χ1n) is 9.36. The fraction of sp³-hybridized carbons (Fsp3) is 0.381. The van der Waals surface area contributed by atoms with Crippen LogP contribution < -0.4 is 35.2 Å². The Kier molecular flexibility index (Phi) is 8.01. The molecular formula is C21H29Cl2OSi3Zr. The van der Waals surface area contributed by atoms with E-state index in [4.69, 9.17) is 4.12 Å². The molecule has 0 bridgehead atoms. The Bertz CT molecular complexity index is 952. The maximum Gasteiger partial charge on any atom is 3.00 e. The van der Waals surface area contributed by atoms with Crippen LogP contribution in [0, 0.1) is 0 Å². The van der Waals surface area contributed by atoms with Crippen molar-refractivity contribution in [3.05, 3.63) is 47.2 Å². The number of halogens is 2. The Morgan fingerprint density at radius 3 is 2.29 bits per heavy atom. The summed E-state index contributed by atoms with van der Waals surface area (Å²) in [5.74, 6) is 0. The monoisotopic (exact) mass is 541 g/mol. The van der Waals surface area contributed by atoms with Gasteiger partial charge in [0.2, 0.25) is 8.32 Å². The molecule has 0 amide bonds. The molecule has 1 heterocycles. The van der Waals surface area contributed by atoms with E-state index >= 15 is 0 Å². The van der Waals surface area contributed by atoms with Gasteiger partial charge in [-0.15, -0.1) is 29.0 Å². The maximum atomic E-state index is 6.60. The normalized spacial score (nSPS) is 17.0. The topological polar surface area (TPSA) is 9.23 Å². The second-order valence-electron chi connectivity index (χ2n) is 9.59. The molecule has 149 valence electrons. The van der Waals surface area contributed by atoms with Crippen molar-refractivity contribution >= 4 is 51.4 Å². The van der Waals surface area contributed by atoms with E-state index in [-0.39, 0.29) is 51.0 Å². The summed E-state index contributed by atoms with van der Waals surface area (Å²) in [7, 11) is -4.53. The summed E-state index contributed by atoms with van der Waals surface area (Å²) in [6, 6.07) is 9.30. The number of benzene rings is 1. The van der Waals surface area contributed by atoms with Gasteiger partial charge in [0.05, 0.1) is 0 Å². The van der Waals surface area contributed by atoms with Crippen LogP contribution in [0.2, 0.25) is 45.8 Å². The minimum Gasteiger partial charge on any atom is -1.00 e. The van der Waals surface area contributed by atoms with Gasteiger partial charge >= 0.3 is 26.2 Å². The predicted octanol–water partition coefficient (Wildman–Crippen LogP) is -0.990. The van der Waals surface area contributed by atoms with E-state index in [9.17, 15) is 0 Å². The van der Waals surface area contributed by atoms with Gasteiger partial charge in [0, 0.05) is 8.07 Å². The fourth-order valence-electron chi connectivity index (χ4n) is 4.55. The first kappa shape index (κ1) is 26.4. The van der Waals surface area contributed by atoms with E-state index in [1.807, 2.05) is 0 Å². The minimum absolute atomic E-state index is 0. The molecule has 0 spiro atoms. The molecule has 0 saturated carbocycles. The van der Waals surface area contributed by atoms with Crippen LogP contribution in [0.4, 0.5) is 0 Å². The zero-order valence-corrected chi connectivity index (χ0v) is 24.8. The van der Waals surface area contributed by atoms with Crippen LogP contribution in [0.3, 0.4) is 0 Å². The van der Waals surface area contributed by atoms with Gasteiger partial charge in [-0.1, -0.05) is 36.9 Å². The van der Waals surface area contributed by atoms with Gasteiger partial charge in [0.25, 0.3) is 0 Å². The number of hydrogen-bond donors (Lipinski definition) is 0. The third kappa shape index (κ3) is 4.51. The summed E-state index contributed by atoms with van der Waals surface area (Å²) in [4.78, 5) is 0. The number of hydrogen-bond acceptors (Lipinski definition) is 1. The van der Waals surface area contributed by atoms with Gasteiger partial charge in [-0.05, 0) is 49.9 Å². The summed E-state index contributed by atoms with van der Waals surface area (Å²) in [6.07, 6.45) is 5.95. The smallest absolute Gasteiger partial charge is 1.00 e. The molecule has 1 aliphatic carbocycles. The van der Waals surface area contributed by atoms with Gasteiger partial charge < -0.3 is 28.9 Å². The van der Waals surface area contributed by atoms with E-state index in [0.29, 0.717) is 0 Å². The molecule has 28 heavy (non-hydrogen) atoms. The third-order valence-electron chi connectivity index (χ3n) is 5.63. The quantitative estimate of drug-likeness (QED) is 0.356. The SMILES string of the molecule is C[Si](C)(C)O[Si](C)(C)C1=CCC(c2cccc3[cH-]c4c(c23)[Si]4(C)C)=C1.[Cl-].[Cl-].[Zr+3]. The van der Waals surface area contributed by atoms with Gasteiger partial charge in [0.1, 0.15) is 0 Å². The number of allylic oxidation sites excluding steroid dienone is 4. The van der Waals surface area contributed by atoms with E-state index in [1.165, 1.54) is 21.7 Å². The van der Waals surface area contributed by atoms with Gasteiger partial charge in [-0.3, -0.25) is 0 Å². The van der Waals surface area contributed by atoms with Crippen LogP contribution in [-0.4, -0.2) is 24.7 Å². The molecule has 1 nitrogen and oxygen atoms in total. The van der Waals surface area contributed by atoms with Crippen molar-refractivity contribution in [3.63, 3.8) is 0 Å². The average Bonchev–Trinajstić information content (AvgIpc) is 2.94. The molecule has 0 saturated heterocycles. The summed E-state index contributed by atoms with van der Waals surface area (Å²) < 4.78 is 6.60. The molecule has 0 aromatic heterocycles. The molecule has 4 rings (SSSR count). The summed E-state index contributed by atoms with van der Waals surface area (Å²) in [5, 5.41) is 7.87. The maximum absolute atomic E-state index is 6.60. The zero-order chi connectivity index (χ0) is 18.2. The summed E-state index contributed by atoms with van der Waals surface area (Å²) in [5.41, 5.74) is 2.96. The van der Waals surface area contributed by atoms with Gasteiger partial charge in [0.15, 0.2) is 8.32 Å². The largest absolute Gasteiger partial charge is 3.00 e. The van der Waals surface area contributed by atoms with Crippen molar-refractivity contribution in [1.82, 2.24) is 0 Å². The van der Waals surface area contributed by atoms with Crippen molar-refractivity contribution in [2.24, 2.45) is 0 Å². The van der Waals surface area contributed by atoms with E-state index in [0.717, 1.165) is 6.42 Å². The van der Waals surface area contributed by atoms with Crippen molar-refractivity contribution < 1.29 is 55.1 Å². The Labute approximate surface area is 204 Å². The van der Waals surface area contributed by atoms with E-state index in [2.05, 4.69) is 82.2 Å². The Balaban J connectivity index is 0.00000131. The van der Waals surface area contributed by atoms with E-state index < -0.39 is 24.7 Å². The Hall–Kier alpha value is 0.384. The van der Waals surface area contributed by atoms with Crippen LogP contribution >= 0.6 is 0 Å². The number of fused-ring (bicyclic) bond motifs is 3. The molecule has 7 heteroatoms. The van der Waals surface area contributed by atoms with Crippen LogP contribution in [0.25, 0.3) is 16.3 Å². The van der Waals surface area contributed by atoms with Crippen molar-refractivity contribution in [2.45, 2.75) is 52.2 Å². The van der Waals surface area contributed by atoms with Crippen LogP contribution in [-0.2, 0) is 30.3 Å². The molecule has 1 aliphatic heterocycles. The van der Waals surface area contributed by atoms with Gasteiger partial charge in [-0.25, -0.2) is 0 Å². The molecule has 0 N–H and O–H groups in total. The van der Waals surface area contributed by atoms with Crippen LogP contribution in [0.1, 0.15) is 12.0 Å². The minimum atomic E-state index is -1.81. The van der Waals surface area contributed by atoms with Crippen molar-refractivity contribution in [3.8, 4) is 0 Å². The molecule has 0 atom stereocenters. The molecule has 1 radical (unpaired) electrons. The van der Waals surface area contributed by atoms with Crippen LogP contribution in [0.5, 0.6) is 0 Å². The second kappa shape index (κ2) is 8.49. The summed E-state index contributed by atoms with van der Waals surface area (Å²) in [6.45, 7) is 16.6. The van der Waals surface area contributed by atoms with Crippen LogP contribution in [0.15, 0.2) is 41.6 Å². The fourth-order valence-corrected chi connectivity index (χ4v) is 15.6. The Morgan fingerprint density at radius 2 is 1.68 bits per heavy atom. The predicted molar refractivity (Wildman–Crippen MR) is 119 cm³/mol. The molecule has 0 fully saturated rings. The Morgan fingerprint density at radius 1 is 1.04 bits per heavy atom. The van der Waals surface area contributed by atoms with Crippen molar-refractivity contribution in [2.75, 3.05) is 0 Å². The molecule has 2 aromatic rings. The second-order valence-corrected chi connectivity index (χ2v) is 22.5. The first-order valence-corrected chi connectivity index (χ1v) is 18.7. The third-order valence-corrected chi connectivity index (χ3v) is 15.1. The molecular weight excluding hydrogens is 515 g/mol. The molecule has 0 unspecified atom stereocenters. The van der Waals surface area contributed by atoms with E-state index in [1.54, 1.807) is 15.8 Å². The first-order chi connectivity index (χ1) is 11.5. The van der Waals surface area contributed by atoms with Gasteiger partial charge in [-0.2, -0.15) is 10.4 Å². The summed E-state index contributed by atoms with van der Waals surface area (Å²) >= 11 is 0. The zero-order valence-electron chi connectivity index (χ0n) is 17.8. The standard InChI is InChI=1S/C21H29OSi3.2ClH.Zr/c1-23(2,3)22-25(6,7)17-12-11-15(13-17)18-10-8-9-16-14-19-21(20(16)18)24(19,4)5;;;/h8-10,12-14H,11H2,1-7H3;2*1H;/q-1;;;+3/p-2. The molecule has 2 aliphatic rings. The average molecular weight is 544 g/mol.